The third-order valence-corrected chi connectivity index (χ3v) is 6.79. The normalized spacial score (nSPS) is 11.6. The molecule has 4 aromatic rings. The van der Waals surface area contributed by atoms with Crippen LogP contribution in [0.1, 0.15) is 30.5 Å². The minimum absolute atomic E-state index is 0.197. The first kappa shape index (κ1) is 22.7. The summed E-state index contributed by atoms with van der Waals surface area (Å²) in [6.45, 7) is 6.43. The van der Waals surface area contributed by atoms with E-state index in [1.54, 1.807) is 60.7 Å². The van der Waals surface area contributed by atoms with Crippen LogP contribution in [0.25, 0.3) is 0 Å². The van der Waals surface area contributed by atoms with Gasteiger partial charge in [-0.2, -0.15) is 4.57 Å². The van der Waals surface area contributed by atoms with E-state index in [-0.39, 0.29) is 5.41 Å². The van der Waals surface area contributed by atoms with Crippen molar-refractivity contribution in [3.8, 4) is 17.2 Å². The summed E-state index contributed by atoms with van der Waals surface area (Å²) in [4.78, 5) is 0. The van der Waals surface area contributed by atoms with Crippen LogP contribution in [0.15, 0.2) is 109 Å². The topological polar surface area (TPSA) is 44.8 Å². The molecule has 0 aliphatic carbocycles. The summed E-state index contributed by atoms with van der Waals surface area (Å²) in [7, 11) is -4.00. The number of phosphoric ester groups is 1. The molecule has 0 heterocycles. The summed E-state index contributed by atoms with van der Waals surface area (Å²) >= 11 is 0. The average molecular weight is 458 g/mol. The number of benzene rings is 4. The lowest BCUT2D eigenvalue weighted by atomic mass is 9.78. The second-order valence-corrected chi connectivity index (χ2v) is 9.80. The summed E-state index contributed by atoms with van der Waals surface area (Å²) in [6, 6.07) is 33.8. The zero-order valence-electron chi connectivity index (χ0n) is 19.0. The molecule has 0 saturated carbocycles. The molecule has 0 atom stereocenters. The molecule has 0 radical (unpaired) electrons. The van der Waals surface area contributed by atoms with Gasteiger partial charge in [-0.05, 0) is 54.4 Å². The van der Waals surface area contributed by atoms with Gasteiger partial charge in [0.25, 0.3) is 0 Å². The van der Waals surface area contributed by atoms with Crippen molar-refractivity contribution in [1.29, 1.82) is 0 Å². The molecule has 0 N–H and O–H groups in total. The Kier molecular flexibility index (Phi) is 6.57. The zero-order chi connectivity index (χ0) is 23.3. The van der Waals surface area contributed by atoms with Gasteiger partial charge in [-0.1, -0.05) is 92.2 Å². The fraction of sp³-hybridized carbons (Fsp3) is 0.143. The van der Waals surface area contributed by atoms with Gasteiger partial charge in [0.05, 0.1) is 0 Å². The van der Waals surface area contributed by atoms with Gasteiger partial charge < -0.3 is 13.6 Å². The molecule has 0 fully saturated rings. The van der Waals surface area contributed by atoms with Crippen LogP contribution < -0.4 is 13.6 Å². The van der Waals surface area contributed by atoms with Gasteiger partial charge in [0.15, 0.2) is 0 Å². The van der Waals surface area contributed by atoms with Crippen molar-refractivity contribution in [1.82, 2.24) is 0 Å². The lowest BCUT2D eigenvalue weighted by Gasteiger charge is -2.26. The number of phosphoric acid groups is 1. The van der Waals surface area contributed by atoms with Crippen molar-refractivity contribution in [2.24, 2.45) is 0 Å². The Hall–Kier alpha value is -3.49. The summed E-state index contributed by atoms with van der Waals surface area (Å²) in [5.74, 6) is 1.19. The SMILES string of the molecule is Cc1ccc(C(C)(C)c2ccc(OP(=O)(Oc3ccccc3)Oc3ccccc3)cc2)cc1. The van der Waals surface area contributed by atoms with E-state index in [4.69, 9.17) is 13.6 Å². The Morgan fingerprint density at radius 2 is 0.909 bits per heavy atom. The number of para-hydroxylation sites is 2. The molecule has 168 valence electrons. The second-order valence-electron chi connectivity index (χ2n) is 8.36. The molecule has 0 saturated heterocycles. The first-order chi connectivity index (χ1) is 15.8. The highest BCUT2D eigenvalue weighted by atomic mass is 31.2. The van der Waals surface area contributed by atoms with Crippen LogP contribution in [0.3, 0.4) is 0 Å². The molecule has 0 aliphatic rings. The van der Waals surface area contributed by atoms with E-state index in [9.17, 15) is 4.57 Å². The monoisotopic (exact) mass is 458 g/mol. The molecular formula is C28H27O4P. The molecule has 0 spiro atoms. The van der Waals surface area contributed by atoms with Gasteiger partial charge in [0, 0.05) is 5.41 Å². The largest absolute Gasteiger partial charge is 0.647 e. The summed E-state index contributed by atoms with van der Waals surface area (Å²) in [5, 5.41) is 0. The minimum atomic E-state index is -4.00. The van der Waals surface area contributed by atoms with Crippen LogP contribution in [-0.2, 0) is 9.98 Å². The fourth-order valence-electron chi connectivity index (χ4n) is 3.48. The Labute approximate surface area is 195 Å². The maximum Gasteiger partial charge on any atom is 0.647 e. The van der Waals surface area contributed by atoms with Crippen LogP contribution in [0.2, 0.25) is 0 Å². The minimum Gasteiger partial charge on any atom is -0.386 e. The smallest absolute Gasteiger partial charge is 0.386 e. The van der Waals surface area contributed by atoms with Gasteiger partial charge >= 0.3 is 7.82 Å². The van der Waals surface area contributed by atoms with Crippen LogP contribution in [0.5, 0.6) is 17.2 Å². The van der Waals surface area contributed by atoms with Gasteiger partial charge in [-0.3, -0.25) is 0 Å². The van der Waals surface area contributed by atoms with Crippen LogP contribution >= 0.6 is 7.82 Å². The van der Waals surface area contributed by atoms with Crippen molar-refractivity contribution >= 4 is 7.82 Å². The van der Waals surface area contributed by atoms with Crippen molar-refractivity contribution in [2.75, 3.05) is 0 Å². The van der Waals surface area contributed by atoms with E-state index in [2.05, 4.69) is 45.0 Å². The average Bonchev–Trinajstić information content (AvgIpc) is 2.81. The molecule has 0 bridgehead atoms. The lowest BCUT2D eigenvalue weighted by molar-refractivity contribution is 0.298. The molecule has 0 amide bonds. The number of rotatable bonds is 8. The van der Waals surface area contributed by atoms with Crippen LogP contribution in [0.4, 0.5) is 0 Å². The Bertz CT molecular complexity index is 1170. The van der Waals surface area contributed by atoms with Gasteiger partial charge in [-0.15, -0.1) is 0 Å². The third-order valence-electron chi connectivity index (χ3n) is 5.49. The molecular weight excluding hydrogens is 431 g/mol. The van der Waals surface area contributed by atoms with Crippen molar-refractivity contribution < 1.29 is 18.1 Å². The first-order valence-electron chi connectivity index (χ1n) is 10.8. The van der Waals surface area contributed by atoms with Crippen LogP contribution in [-0.4, -0.2) is 0 Å². The Balaban J connectivity index is 1.58. The van der Waals surface area contributed by atoms with E-state index in [0.717, 1.165) is 5.56 Å². The summed E-state index contributed by atoms with van der Waals surface area (Å²) in [5.41, 5.74) is 3.36. The Morgan fingerprint density at radius 1 is 0.545 bits per heavy atom. The van der Waals surface area contributed by atoms with E-state index in [1.165, 1.54) is 11.1 Å². The molecule has 33 heavy (non-hydrogen) atoms. The molecule has 4 rings (SSSR count). The van der Waals surface area contributed by atoms with Crippen molar-refractivity contribution in [3.05, 3.63) is 126 Å². The van der Waals surface area contributed by atoms with Crippen molar-refractivity contribution in [3.63, 3.8) is 0 Å². The van der Waals surface area contributed by atoms with E-state index < -0.39 is 7.82 Å². The highest BCUT2D eigenvalue weighted by Crippen LogP contribution is 2.50. The molecule has 5 heteroatoms. The molecule has 4 aromatic carbocycles. The molecule has 0 aliphatic heterocycles. The van der Waals surface area contributed by atoms with Gasteiger partial charge in [-0.25, -0.2) is 0 Å². The highest BCUT2D eigenvalue weighted by Gasteiger charge is 2.33. The van der Waals surface area contributed by atoms with E-state index in [0.29, 0.717) is 17.2 Å². The zero-order valence-corrected chi connectivity index (χ0v) is 19.9. The maximum atomic E-state index is 13.6. The maximum absolute atomic E-state index is 13.6. The number of hydrogen-bond donors (Lipinski definition) is 0. The van der Waals surface area contributed by atoms with Gasteiger partial charge in [0.2, 0.25) is 0 Å². The molecule has 4 nitrogen and oxygen atoms in total. The van der Waals surface area contributed by atoms with E-state index in [1.807, 2.05) is 24.3 Å². The highest BCUT2D eigenvalue weighted by molar-refractivity contribution is 7.49. The summed E-state index contributed by atoms with van der Waals surface area (Å²) < 4.78 is 30.8. The second kappa shape index (κ2) is 9.56. The van der Waals surface area contributed by atoms with E-state index >= 15 is 0 Å². The van der Waals surface area contributed by atoms with Crippen molar-refractivity contribution in [2.45, 2.75) is 26.2 Å². The number of aryl methyl sites for hydroxylation is 1. The number of hydrogen-bond acceptors (Lipinski definition) is 4. The fourth-order valence-corrected chi connectivity index (χ4v) is 4.73. The lowest BCUT2D eigenvalue weighted by Crippen LogP contribution is -2.18. The Morgan fingerprint density at radius 3 is 1.33 bits per heavy atom. The standard InChI is InChI=1S/C28H27O4P/c1-22-14-16-23(17-15-22)28(2,3)24-18-20-27(21-19-24)32-33(29,30-25-10-6-4-7-11-25)31-26-12-8-5-9-13-26/h4-21H,1-3H3. The quantitative estimate of drug-likeness (QED) is 0.251. The van der Waals surface area contributed by atoms with Gasteiger partial charge in [0.1, 0.15) is 17.2 Å². The predicted molar refractivity (Wildman–Crippen MR) is 132 cm³/mol. The first-order valence-corrected chi connectivity index (χ1v) is 12.3. The third kappa shape index (κ3) is 5.66. The summed E-state index contributed by atoms with van der Waals surface area (Å²) in [6.07, 6.45) is 0. The molecule has 0 unspecified atom stereocenters. The van der Waals surface area contributed by atoms with Crippen LogP contribution in [0, 0.1) is 6.92 Å². The molecule has 0 aromatic heterocycles. The predicted octanol–water partition coefficient (Wildman–Crippen LogP) is 7.97.